The molecule has 1 fully saturated rings. The molecule has 1 aliphatic rings. The number of aliphatic hydroxyl groups is 1. The fourth-order valence-electron chi connectivity index (χ4n) is 2.25. The first-order chi connectivity index (χ1) is 8.20. The molecular weight excluding hydrogens is 216 g/mol. The monoisotopic (exact) mass is 240 g/mol. The highest BCUT2D eigenvalue weighted by Gasteiger charge is 2.33. The van der Waals surface area contributed by atoms with Crippen molar-refractivity contribution in [3.8, 4) is 0 Å². The van der Waals surface area contributed by atoms with Gasteiger partial charge in [0.15, 0.2) is 0 Å². The van der Waals surface area contributed by atoms with Gasteiger partial charge in [-0.05, 0) is 31.6 Å². The molecular formula is C13H24N2O2. The quantitative estimate of drug-likeness (QED) is 0.549. The van der Waals surface area contributed by atoms with Gasteiger partial charge in [0.2, 0.25) is 0 Å². The van der Waals surface area contributed by atoms with E-state index in [2.05, 4.69) is 18.8 Å². The standard InChI is InChI=1S/C13H24N2O2/c1-3-4-5-6-8-14-13(17)15-9-7-11(2)12(15)10-16/h3,11-12,16H,1,4-10H2,2H3,(H,14,17). The fraction of sp³-hybridized carbons (Fsp3) is 0.769. The predicted molar refractivity (Wildman–Crippen MR) is 68.8 cm³/mol. The molecule has 98 valence electrons. The average molecular weight is 240 g/mol. The van der Waals surface area contributed by atoms with Crippen molar-refractivity contribution in [2.24, 2.45) is 5.92 Å². The molecule has 17 heavy (non-hydrogen) atoms. The molecule has 2 amide bonds. The second-order valence-corrected chi connectivity index (χ2v) is 4.73. The van der Waals surface area contributed by atoms with Gasteiger partial charge in [-0.25, -0.2) is 4.79 Å². The lowest BCUT2D eigenvalue weighted by Crippen LogP contribution is -2.45. The zero-order valence-electron chi connectivity index (χ0n) is 10.7. The average Bonchev–Trinajstić information content (AvgIpc) is 2.70. The second-order valence-electron chi connectivity index (χ2n) is 4.73. The number of carbonyl (C=O) groups is 1. The van der Waals surface area contributed by atoms with Crippen molar-refractivity contribution in [1.82, 2.24) is 10.2 Å². The molecule has 0 spiro atoms. The maximum Gasteiger partial charge on any atom is 0.317 e. The van der Waals surface area contributed by atoms with Gasteiger partial charge in [0.25, 0.3) is 0 Å². The Morgan fingerprint density at radius 3 is 3.00 bits per heavy atom. The summed E-state index contributed by atoms with van der Waals surface area (Å²) in [5.74, 6) is 0.395. The minimum absolute atomic E-state index is 0.0109. The molecule has 0 aliphatic carbocycles. The van der Waals surface area contributed by atoms with Crippen LogP contribution in [0.3, 0.4) is 0 Å². The predicted octanol–water partition coefficient (Wildman–Crippen LogP) is 1.76. The number of hydrogen-bond donors (Lipinski definition) is 2. The van der Waals surface area contributed by atoms with Gasteiger partial charge in [-0.3, -0.25) is 0 Å². The summed E-state index contributed by atoms with van der Waals surface area (Å²) in [4.78, 5) is 13.6. The highest BCUT2D eigenvalue weighted by atomic mass is 16.3. The van der Waals surface area contributed by atoms with Crippen LogP contribution in [-0.2, 0) is 0 Å². The molecule has 2 atom stereocenters. The summed E-state index contributed by atoms with van der Waals surface area (Å²) in [5.41, 5.74) is 0. The molecule has 1 rings (SSSR count). The van der Waals surface area contributed by atoms with Crippen molar-refractivity contribution < 1.29 is 9.90 Å². The Kier molecular flexibility index (Phi) is 6.05. The molecule has 4 nitrogen and oxygen atoms in total. The molecule has 4 heteroatoms. The molecule has 1 saturated heterocycles. The first kappa shape index (κ1) is 14.0. The summed E-state index contributed by atoms with van der Waals surface area (Å²) < 4.78 is 0. The second kappa shape index (κ2) is 7.33. The third-order valence-electron chi connectivity index (χ3n) is 3.44. The number of amides is 2. The van der Waals surface area contributed by atoms with Crippen LogP contribution in [-0.4, -0.2) is 41.8 Å². The largest absolute Gasteiger partial charge is 0.394 e. The summed E-state index contributed by atoms with van der Waals surface area (Å²) in [5, 5.41) is 12.2. The van der Waals surface area contributed by atoms with E-state index < -0.39 is 0 Å². The Labute approximate surface area is 104 Å². The number of rotatable bonds is 6. The number of aliphatic hydroxyl groups excluding tert-OH is 1. The number of nitrogens with zero attached hydrogens (tertiary/aromatic N) is 1. The molecule has 1 aliphatic heterocycles. The van der Waals surface area contributed by atoms with Gasteiger partial charge in [-0.1, -0.05) is 13.0 Å². The van der Waals surface area contributed by atoms with E-state index in [0.29, 0.717) is 12.5 Å². The number of carbonyl (C=O) groups excluding carboxylic acids is 1. The zero-order chi connectivity index (χ0) is 12.7. The Bertz CT molecular complexity index is 256. The lowest BCUT2D eigenvalue weighted by atomic mass is 10.0. The molecule has 0 radical (unpaired) electrons. The molecule has 0 aromatic rings. The van der Waals surface area contributed by atoms with Crippen LogP contribution in [0.1, 0.15) is 32.6 Å². The molecule has 2 unspecified atom stereocenters. The van der Waals surface area contributed by atoms with E-state index in [9.17, 15) is 9.90 Å². The maximum atomic E-state index is 11.9. The van der Waals surface area contributed by atoms with Gasteiger partial charge < -0.3 is 15.3 Å². The molecule has 1 heterocycles. The van der Waals surface area contributed by atoms with Crippen molar-refractivity contribution in [2.75, 3.05) is 19.7 Å². The Morgan fingerprint density at radius 2 is 2.35 bits per heavy atom. The number of hydrogen-bond acceptors (Lipinski definition) is 2. The zero-order valence-corrected chi connectivity index (χ0v) is 10.7. The van der Waals surface area contributed by atoms with Crippen LogP contribution in [0.2, 0.25) is 0 Å². The molecule has 2 N–H and O–H groups in total. The van der Waals surface area contributed by atoms with Crippen LogP contribution in [0.5, 0.6) is 0 Å². The highest BCUT2D eigenvalue weighted by molar-refractivity contribution is 5.74. The number of likely N-dealkylation sites (tertiary alicyclic amines) is 1. The maximum absolute atomic E-state index is 11.9. The molecule has 0 saturated carbocycles. The van der Waals surface area contributed by atoms with Gasteiger partial charge in [-0.15, -0.1) is 6.58 Å². The highest BCUT2D eigenvalue weighted by Crippen LogP contribution is 2.23. The van der Waals surface area contributed by atoms with Crippen molar-refractivity contribution in [3.63, 3.8) is 0 Å². The lowest BCUT2D eigenvalue weighted by molar-refractivity contribution is 0.144. The lowest BCUT2D eigenvalue weighted by Gasteiger charge is -2.25. The van der Waals surface area contributed by atoms with E-state index in [1.54, 1.807) is 4.90 Å². The third-order valence-corrected chi connectivity index (χ3v) is 3.44. The minimum Gasteiger partial charge on any atom is -0.394 e. The number of allylic oxidation sites excluding steroid dienone is 1. The van der Waals surface area contributed by atoms with Crippen LogP contribution in [0, 0.1) is 5.92 Å². The summed E-state index contributed by atoms with van der Waals surface area (Å²) in [6.45, 7) is 7.26. The van der Waals surface area contributed by atoms with Crippen molar-refractivity contribution >= 4 is 6.03 Å². The topological polar surface area (TPSA) is 52.6 Å². The number of urea groups is 1. The van der Waals surface area contributed by atoms with Gasteiger partial charge in [0.1, 0.15) is 0 Å². The SMILES string of the molecule is C=CCCCCNC(=O)N1CCC(C)C1CO. The van der Waals surface area contributed by atoms with E-state index >= 15 is 0 Å². The Morgan fingerprint density at radius 1 is 1.59 bits per heavy atom. The smallest absolute Gasteiger partial charge is 0.317 e. The van der Waals surface area contributed by atoms with E-state index in [1.807, 2.05) is 6.08 Å². The fourth-order valence-corrected chi connectivity index (χ4v) is 2.25. The Balaban J connectivity index is 2.25. The number of unbranched alkanes of at least 4 members (excludes halogenated alkanes) is 2. The van der Waals surface area contributed by atoms with Crippen LogP contribution in [0.4, 0.5) is 4.79 Å². The number of nitrogens with one attached hydrogen (secondary N) is 1. The third kappa shape index (κ3) is 4.04. The van der Waals surface area contributed by atoms with E-state index in [1.165, 1.54) is 0 Å². The summed E-state index contributed by atoms with van der Waals surface area (Å²) in [6, 6.07) is -0.0461. The van der Waals surface area contributed by atoms with E-state index in [0.717, 1.165) is 32.2 Å². The van der Waals surface area contributed by atoms with Crippen molar-refractivity contribution in [2.45, 2.75) is 38.6 Å². The summed E-state index contributed by atoms with van der Waals surface area (Å²) in [6.07, 6.45) is 5.91. The normalized spacial score (nSPS) is 23.8. The van der Waals surface area contributed by atoms with Crippen molar-refractivity contribution in [3.05, 3.63) is 12.7 Å². The van der Waals surface area contributed by atoms with E-state index in [-0.39, 0.29) is 18.7 Å². The first-order valence-electron chi connectivity index (χ1n) is 6.47. The molecule has 0 aromatic carbocycles. The van der Waals surface area contributed by atoms with Gasteiger partial charge >= 0.3 is 6.03 Å². The van der Waals surface area contributed by atoms with Gasteiger partial charge in [0.05, 0.1) is 12.6 Å². The van der Waals surface area contributed by atoms with Crippen LogP contribution in [0.25, 0.3) is 0 Å². The summed E-state index contributed by atoms with van der Waals surface area (Å²) in [7, 11) is 0. The van der Waals surface area contributed by atoms with Crippen molar-refractivity contribution in [1.29, 1.82) is 0 Å². The minimum atomic E-state index is -0.0352. The van der Waals surface area contributed by atoms with Gasteiger partial charge in [-0.2, -0.15) is 0 Å². The molecule has 0 aromatic heterocycles. The van der Waals surface area contributed by atoms with Gasteiger partial charge in [0, 0.05) is 13.1 Å². The summed E-state index contributed by atoms with van der Waals surface area (Å²) >= 11 is 0. The first-order valence-corrected chi connectivity index (χ1v) is 6.47. The van der Waals surface area contributed by atoms with Crippen LogP contribution < -0.4 is 5.32 Å². The Hall–Kier alpha value is -1.03. The van der Waals surface area contributed by atoms with Crippen LogP contribution in [0.15, 0.2) is 12.7 Å². The van der Waals surface area contributed by atoms with Crippen LogP contribution >= 0.6 is 0 Å². The molecule has 0 bridgehead atoms. The van der Waals surface area contributed by atoms with E-state index in [4.69, 9.17) is 0 Å².